The molecule has 4 rings (SSSR count). The zero-order chi connectivity index (χ0) is 31.1. The average Bonchev–Trinajstić information content (AvgIpc) is 3.05. The lowest BCUT2D eigenvalue weighted by molar-refractivity contribution is -0.0200. The summed E-state index contributed by atoms with van der Waals surface area (Å²) >= 11 is 0. The molecule has 2 atom stereocenters. The lowest BCUT2D eigenvalue weighted by Crippen LogP contribution is -2.46. The normalized spacial score (nSPS) is 16.5. The van der Waals surface area contributed by atoms with Crippen molar-refractivity contribution >= 4 is 6.09 Å². The van der Waals surface area contributed by atoms with Crippen LogP contribution in [-0.4, -0.2) is 75.9 Å². The summed E-state index contributed by atoms with van der Waals surface area (Å²) in [5, 5.41) is 9.61. The van der Waals surface area contributed by atoms with E-state index in [2.05, 4.69) is 0 Å². The van der Waals surface area contributed by atoms with Crippen LogP contribution in [0.25, 0.3) is 0 Å². The van der Waals surface area contributed by atoms with Gasteiger partial charge in [-0.2, -0.15) is 0 Å². The van der Waals surface area contributed by atoms with E-state index in [4.69, 9.17) is 28.4 Å². The molecule has 1 fully saturated rings. The highest BCUT2D eigenvalue weighted by molar-refractivity contribution is 5.65. The van der Waals surface area contributed by atoms with Crippen LogP contribution in [0, 0.1) is 5.82 Å². The number of ether oxygens (including phenoxy) is 6. The summed E-state index contributed by atoms with van der Waals surface area (Å²) in [5.74, 6) is 1.28. The van der Waals surface area contributed by atoms with Gasteiger partial charge >= 0.3 is 6.09 Å². The number of benzene rings is 3. The zero-order valence-electron chi connectivity index (χ0n) is 25.4. The van der Waals surface area contributed by atoms with Gasteiger partial charge in [-0.3, -0.25) is 0 Å². The van der Waals surface area contributed by atoms with Gasteiger partial charge in [-0.1, -0.05) is 36.4 Å². The molecular formula is C34H42FNO8. The molecule has 238 valence electrons. The van der Waals surface area contributed by atoms with Crippen molar-refractivity contribution in [2.24, 2.45) is 0 Å². The number of hydrogen-bond donors (Lipinski definition) is 1. The number of para-hydroxylation sites is 1. The van der Waals surface area contributed by atoms with Gasteiger partial charge < -0.3 is 38.4 Å². The Labute approximate surface area is 258 Å². The fourth-order valence-corrected chi connectivity index (χ4v) is 5.14. The fraction of sp³-hybridized carbons (Fsp3) is 0.441. The summed E-state index contributed by atoms with van der Waals surface area (Å²) in [7, 11) is 3.26. The highest BCUT2D eigenvalue weighted by atomic mass is 19.1. The quantitative estimate of drug-likeness (QED) is 0.178. The first-order valence-corrected chi connectivity index (χ1v) is 14.9. The lowest BCUT2D eigenvalue weighted by atomic mass is 9.87. The maximum Gasteiger partial charge on any atom is 0.407 e. The number of amides is 1. The molecule has 1 saturated heterocycles. The first-order valence-electron chi connectivity index (χ1n) is 14.9. The molecule has 0 radical (unpaired) electrons. The van der Waals surface area contributed by atoms with Crippen molar-refractivity contribution in [2.45, 2.75) is 44.5 Å². The minimum absolute atomic E-state index is 0.00626. The van der Waals surface area contributed by atoms with Crippen LogP contribution >= 0.6 is 0 Å². The summed E-state index contributed by atoms with van der Waals surface area (Å²) in [4.78, 5) is 13.1. The Morgan fingerprint density at radius 1 is 0.909 bits per heavy atom. The highest BCUT2D eigenvalue weighted by Crippen LogP contribution is 2.32. The van der Waals surface area contributed by atoms with Crippen molar-refractivity contribution in [1.82, 2.24) is 4.90 Å². The fourth-order valence-electron chi connectivity index (χ4n) is 5.14. The van der Waals surface area contributed by atoms with E-state index in [9.17, 15) is 14.3 Å². The summed E-state index contributed by atoms with van der Waals surface area (Å²) in [6, 6.07) is 20.3. The molecule has 1 N–H and O–H groups in total. The molecule has 0 aromatic heterocycles. The summed E-state index contributed by atoms with van der Waals surface area (Å²) in [6.45, 7) is 3.29. The second-order valence-electron chi connectivity index (χ2n) is 10.6. The summed E-state index contributed by atoms with van der Waals surface area (Å²) in [6.07, 6.45) is 0.667. The van der Waals surface area contributed by atoms with Crippen LogP contribution in [0.5, 0.6) is 17.2 Å². The minimum Gasteiger partial charge on any atom is -0.496 e. The Hall–Kier alpha value is -3.86. The van der Waals surface area contributed by atoms with Crippen molar-refractivity contribution in [2.75, 3.05) is 53.7 Å². The van der Waals surface area contributed by atoms with Gasteiger partial charge in [0.1, 0.15) is 11.5 Å². The van der Waals surface area contributed by atoms with Gasteiger partial charge in [0.05, 0.1) is 52.8 Å². The average molecular weight is 612 g/mol. The van der Waals surface area contributed by atoms with Crippen LogP contribution in [0.3, 0.4) is 0 Å². The third-order valence-corrected chi connectivity index (χ3v) is 7.50. The van der Waals surface area contributed by atoms with Crippen molar-refractivity contribution in [1.29, 1.82) is 0 Å². The summed E-state index contributed by atoms with van der Waals surface area (Å²) < 4.78 is 48.2. The molecule has 1 aliphatic heterocycles. The Kier molecular flexibility index (Phi) is 13.1. The number of halogens is 1. The van der Waals surface area contributed by atoms with Crippen LogP contribution in [-0.2, 0) is 27.4 Å². The van der Waals surface area contributed by atoms with E-state index < -0.39 is 11.9 Å². The van der Waals surface area contributed by atoms with Crippen LogP contribution in [0.15, 0.2) is 66.7 Å². The van der Waals surface area contributed by atoms with E-state index in [1.807, 2.05) is 48.5 Å². The Balaban J connectivity index is 1.28. The second kappa shape index (κ2) is 17.4. The first kappa shape index (κ1) is 33.0. The van der Waals surface area contributed by atoms with E-state index in [0.29, 0.717) is 52.4 Å². The van der Waals surface area contributed by atoms with Gasteiger partial charge in [0.25, 0.3) is 0 Å². The van der Waals surface area contributed by atoms with Crippen LogP contribution in [0.1, 0.15) is 41.9 Å². The summed E-state index contributed by atoms with van der Waals surface area (Å²) in [5.41, 5.74) is 2.80. The largest absolute Gasteiger partial charge is 0.496 e. The van der Waals surface area contributed by atoms with Crippen molar-refractivity contribution in [3.8, 4) is 17.2 Å². The maximum absolute atomic E-state index is 14.3. The third-order valence-electron chi connectivity index (χ3n) is 7.50. The molecule has 1 aliphatic rings. The van der Waals surface area contributed by atoms with Crippen molar-refractivity contribution < 1.29 is 42.7 Å². The topological polar surface area (TPSA) is 95.9 Å². The zero-order valence-corrected chi connectivity index (χ0v) is 25.4. The van der Waals surface area contributed by atoms with E-state index in [1.54, 1.807) is 26.4 Å². The van der Waals surface area contributed by atoms with E-state index in [0.717, 1.165) is 34.6 Å². The second-order valence-corrected chi connectivity index (χ2v) is 10.6. The maximum atomic E-state index is 14.3. The number of carboxylic acid groups (broad SMARTS) is 1. The number of likely N-dealkylation sites (tertiary alicyclic amines) is 1. The monoisotopic (exact) mass is 611 g/mol. The van der Waals surface area contributed by atoms with Gasteiger partial charge in [-0.05, 0) is 47.9 Å². The molecule has 0 saturated carbocycles. The Morgan fingerprint density at radius 2 is 1.68 bits per heavy atom. The molecule has 2 unspecified atom stereocenters. The number of piperidine rings is 1. The molecule has 0 bridgehead atoms. The number of nitrogens with zero attached hydrogens (tertiary/aromatic N) is 1. The number of hydrogen-bond acceptors (Lipinski definition) is 7. The standard InChI is InChI=1S/C34H42FNO8/c1-39-17-5-20-43-32-21-25(9-14-30(32)35)23-44-33-22-36(34(37)38)16-15-29(33)26-10-12-28(13-11-26)42-19-6-18-41-24-27-7-3-4-8-31(27)40-2/h3-4,7-14,21,29,33H,5-6,15-20,22-24H2,1-2H3,(H,37,38). The first-order chi connectivity index (χ1) is 21.5. The molecule has 3 aromatic rings. The molecule has 44 heavy (non-hydrogen) atoms. The van der Waals surface area contributed by atoms with Gasteiger partial charge in [-0.15, -0.1) is 0 Å². The predicted molar refractivity (Wildman–Crippen MR) is 163 cm³/mol. The Bertz CT molecular complexity index is 1300. The van der Waals surface area contributed by atoms with E-state index in [1.165, 1.54) is 11.0 Å². The molecule has 0 spiro atoms. The molecular weight excluding hydrogens is 569 g/mol. The molecule has 0 aliphatic carbocycles. The lowest BCUT2D eigenvalue weighted by Gasteiger charge is -2.37. The highest BCUT2D eigenvalue weighted by Gasteiger charge is 2.33. The van der Waals surface area contributed by atoms with Gasteiger partial charge in [0, 0.05) is 44.6 Å². The van der Waals surface area contributed by atoms with E-state index >= 15 is 0 Å². The van der Waals surface area contributed by atoms with Crippen LogP contribution in [0.4, 0.5) is 9.18 Å². The van der Waals surface area contributed by atoms with E-state index in [-0.39, 0.29) is 30.9 Å². The smallest absolute Gasteiger partial charge is 0.407 e. The third kappa shape index (κ3) is 9.83. The Morgan fingerprint density at radius 3 is 2.45 bits per heavy atom. The number of carbonyl (C=O) groups is 1. The molecule has 3 aromatic carbocycles. The van der Waals surface area contributed by atoms with Crippen LogP contribution in [0.2, 0.25) is 0 Å². The molecule has 10 heteroatoms. The molecule has 1 heterocycles. The van der Waals surface area contributed by atoms with Gasteiger partial charge in [-0.25, -0.2) is 9.18 Å². The van der Waals surface area contributed by atoms with Gasteiger partial charge in [0.2, 0.25) is 0 Å². The molecule has 1 amide bonds. The van der Waals surface area contributed by atoms with Crippen molar-refractivity contribution in [3.05, 3.63) is 89.2 Å². The number of methoxy groups -OCH3 is 2. The molecule has 9 nitrogen and oxygen atoms in total. The SMILES string of the molecule is COCCCOc1cc(COC2CN(C(=O)O)CCC2c2ccc(OCCCOCc3ccccc3OC)cc2)ccc1F. The van der Waals surface area contributed by atoms with Gasteiger partial charge in [0.15, 0.2) is 11.6 Å². The minimum atomic E-state index is -0.971. The number of rotatable bonds is 17. The van der Waals surface area contributed by atoms with Crippen molar-refractivity contribution in [3.63, 3.8) is 0 Å². The van der Waals surface area contributed by atoms with Crippen LogP contribution < -0.4 is 14.2 Å². The predicted octanol–water partition coefficient (Wildman–Crippen LogP) is 6.29.